The predicted molar refractivity (Wildman–Crippen MR) is 94.8 cm³/mol. The number of nitrogens with one attached hydrogen (secondary N) is 1. The molecule has 1 N–H and O–H groups in total. The van der Waals surface area contributed by atoms with Crippen molar-refractivity contribution < 1.29 is 4.74 Å². The first kappa shape index (κ1) is 16.5. The van der Waals surface area contributed by atoms with E-state index in [0.29, 0.717) is 0 Å². The van der Waals surface area contributed by atoms with Crippen molar-refractivity contribution in [2.45, 2.75) is 26.4 Å². The van der Waals surface area contributed by atoms with Crippen LogP contribution in [0.5, 0.6) is 5.75 Å². The Bertz CT molecular complexity index is 628. The highest BCUT2D eigenvalue weighted by atomic mass is 79.9. The van der Waals surface area contributed by atoms with Crippen LogP contribution in [-0.4, -0.2) is 7.11 Å². The summed E-state index contributed by atoms with van der Waals surface area (Å²) in [5.74, 6) is 0.855. The van der Waals surface area contributed by atoms with Gasteiger partial charge in [0.2, 0.25) is 0 Å². The van der Waals surface area contributed by atoms with E-state index in [1.54, 1.807) is 7.11 Å². The molecule has 2 nitrogen and oxygen atoms in total. The zero-order valence-electron chi connectivity index (χ0n) is 12.4. The monoisotopic (exact) mass is 411 g/mol. The Morgan fingerprint density at radius 2 is 1.86 bits per heavy atom. The van der Waals surface area contributed by atoms with Gasteiger partial charge >= 0.3 is 0 Å². The molecule has 0 bridgehead atoms. The van der Waals surface area contributed by atoms with Gasteiger partial charge < -0.3 is 10.1 Å². The first-order valence-corrected chi connectivity index (χ1v) is 8.41. The van der Waals surface area contributed by atoms with E-state index in [0.717, 1.165) is 21.2 Å². The Morgan fingerprint density at radius 3 is 2.48 bits per heavy atom. The Kier molecular flexibility index (Phi) is 5.85. The summed E-state index contributed by atoms with van der Waals surface area (Å²) >= 11 is 7.11. The number of hydrogen-bond donors (Lipinski definition) is 1. The molecule has 1 atom stereocenters. The molecule has 0 fully saturated rings. The summed E-state index contributed by atoms with van der Waals surface area (Å²) in [5, 5.41) is 3.54. The Hall–Kier alpha value is -0.840. The van der Waals surface area contributed by atoms with Gasteiger partial charge in [-0.2, -0.15) is 0 Å². The fourth-order valence-electron chi connectivity index (χ4n) is 2.09. The summed E-state index contributed by atoms with van der Waals surface area (Å²) in [6.45, 7) is 5.10. The number of aryl methyl sites for hydroxylation is 1. The fourth-order valence-corrected chi connectivity index (χ4v) is 3.07. The third-order valence-corrected chi connectivity index (χ3v) is 5.00. The zero-order chi connectivity index (χ0) is 15.4. The highest BCUT2D eigenvalue weighted by Gasteiger charge is 2.08. The molecule has 0 aliphatic carbocycles. The number of ether oxygens (including phenoxy) is 1. The zero-order valence-corrected chi connectivity index (χ0v) is 15.6. The molecule has 0 aromatic heterocycles. The number of halogens is 2. The maximum atomic E-state index is 5.26. The topological polar surface area (TPSA) is 21.3 Å². The molecule has 2 aromatic rings. The molecular formula is C17H19Br2NO. The first-order valence-electron chi connectivity index (χ1n) is 6.83. The number of hydrogen-bond acceptors (Lipinski definition) is 2. The van der Waals surface area contributed by atoms with E-state index in [1.165, 1.54) is 16.7 Å². The van der Waals surface area contributed by atoms with Gasteiger partial charge in [-0.1, -0.05) is 34.1 Å². The van der Waals surface area contributed by atoms with Gasteiger partial charge in [-0.3, -0.25) is 0 Å². The van der Waals surface area contributed by atoms with Gasteiger partial charge in [-0.15, -0.1) is 0 Å². The van der Waals surface area contributed by atoms with Gasteiger partial charge in [0.1, 0.15) is 5.75 Å². The number of methoxy groups -OCH3 is 1. The van der Waals surface area contributed by atoms with Crippen LogP contribution in [0.3, 0.4) is 0 Å². The standard InChI is InChI=1S/C17H19Br2NO/c1-11-4-5-13(8-15(11)18)10-20-12(2)14-6-7-17(21-3)16(19)9-14/h4-9,12,20H,10H2,1-3H3. The van der Waals surface area contributed by atoms with Crippen molar-refractivity contribution in [3.63, 3.8) is 0 Å². The summed E-state index contributed by atoms with van der Waals surface area (Å²) < 4.78 is 7.40. The predicted octanol–water partition coefficient (Wildman–Crippen LogP) is 5.38. The van der Waals surface area contributed by atoms with Crippen LogP contribution < -0.4 is 10.1 Å². The van der Waals surface area contributed by atoms with Gasteiger partial charge in [-0.05, 0) is 64.7 Å². The van der Waals surface area contributed by atoms with Gasteiger partial charge in [0.05, 0.1) is 11.6 Å². The number of benzene rings is 2. The van der Waals surface area contributed by atoms with Crippen molar-refractivity contribution in [3.05, 3.63) is 62.0 Å². The molecule has 21 heavy (non-hydrogen) atoms. The lowest BCUT2D eigenvalue weighted by atomic mass is 10.1. The molecule has 0 heterocycles. The van der Waals surface area contributed by atoms with E-state index in [1.807, 2.05) is 6.07 Å². The third kappa shape index (κ3) is 4.31. The van der Waals surface area contributed by atoms with Crippen LogP contribution >= 0.6 is 31.9 Å². The Morgan fingerprint density at radius 1 is 1.10 bits per heavy atom. The second-order valence-corrected chi connectivity index (χ2v) is 6.79. The lowest BCUT2D eigenvalue weighted by molar-refractivity contribution is 0.411. The molecule has 0 amide bonds. The molecule has 2 rings (SSSR count). The minimum absolute atomic E-state index is 0.271. The third-order valence-electron chi connectivity index (χ3n) is 3.52. The molecule has 1 unspecified atom stereocenters. The van der Waals surface area contributed by atoms with Crippen LogP contribution in [0.2, 0.25) is 0 Å². The van der Waals surface area contributed by atoms with E-state index >= 15 is 0 Å². The summed E-state index contributed by atoms with van der Waals surface area (Å²) in [6, 6.07) is 12.9. The highest BCUT2D eigenvalue weighted by Crippen LogP contribution is 2.28. The minimum Gasteiger partial charge on any atom is -0.496 e. The molecule has 0 saturated carbocycles. The normalized spacial score (nSPS) is 12.2. The summed E-state index contributed by atoms with van der Waals surface area (Å²) in [7, 11) is 1.68. The highest BCUT2D eigenvalue weighted by molar-refractivity contribution is 9.10. The van der Waals surface area contributed by atoms with Crippen LogP contribution in [0, 0.1) is 6.92 Å². The second-order valence-electron chi connectivity index (χ2n) is 5.08. The molecule has 0 aliphatic rings. The van der Waals surface area contributed by atoms with Crippen molar-refractivity contribution in [3.8, 4) is 5.75 Å². The second kappa shape index (κ2) is 7.43. The van der Waals surface area contributed by atoms with E-state index < -0.39 is 0 Å². The van der Waals surface area contributed by atoms with Crippen molar-refractivity contribution in [1.82, 2.24) is 5.32 Å². The molecule has 0 spiro atoms. The minimum atomic E-state index is 0.271. The van der Waals surface area contributed by atoms with Gasteiger partial charge in [-0.25, -0.2) is 0 Å². The van der Waals surface area contributed by atoms with Crippen LogP contribution in [0.15, 0.2) is 45.3 Å². The SMILES string of the molecule is COc1ccc(C(C)NCc2ccc(C)c(Br)c2)cc1Br. The Labute approximate surface area is 143 Å². The molecule has 0 aliphatic heterocycles. The van der Waals surface area contributed by atoms with Gasteiger partial charge in [0, 0.05) is 17.1 Å². The molecule has 0 saturated heterocycles. The maximum absolute atomic E-state index is 5.26. The molecule has 2 aromatic carbocycles. The molecule has 112 valence electrons. The van der Waals surface area contributed by atoms with Crippen molar-refractivity contribution in [2.24, 2.45) is 0 Å². The van der Waals surface area contributed by atoms with Crippen LogP contribution in [0.25, 0.3) is 0 Å². The molecule has 4 heteroatoms. The summed E-state index contributed by atoms with van der Waals surface area (Å²) in [6.07, 6.45) is 0. The van der Waals surface area contributed by atoms with E-state index in [-0.39, 0.29) is 6.04 Å². The molecule has 0 radical (unpaired) electrons. The van der Waals surface area contributed by atoms with Crippen LogP contribution in [0.4, 0.5) is 0 Å². The quantitative estimate of drug-likeness (QED) is 0.711. The lowest BCUT2D eigenvalue weighted by Crippen LogP contribution is -2.18. The van der Waals surface area contributed by atoms with E-state index in [4.69, 9.17) is 4.74 Å². The van der Waals surface area contributed by atoms with Crippen LogP contribution in [-0.2, 0) is 6.54 Å². The average Bonchev–Trinajstić information content (AvgIpc) is 2.48. The maximum Gasteiger partial charge on any atom is 0.133 e. The number of rotatable bonds is 5. The van der Waals surface area contributed by atoms with Crippen LogP contribution in [0.1, 0.15) is 29.7 Å². The summed E-state index contributed by atoms with van der Waals surface area (Å²) in [5.41, 5.74) is 3.76. The lowest BCUT2D eigenvalue weighted by Gasteiger charge is -2.16. The Balaban J connectivity index is 2.02. The molecular weight excluding hydrogens is 394 g/mol. The fraction of sp³-hybridized carbons (Fsp3) is 0.294. The first-order chi connectivity index (χ1) is 10.0. The van der Waals surface area contributed by atoms with Crippen molar-refractivity contribution in [1.29, 1.82) is 0 Å². The van der Waals surface area contributed by atoms with Crippen molar-refractivity contribution in [2.75, 3.05) is 7.11 Å². The van der Waals surface area contributed by atoms with Gasteiger partial charge in [0.15, 0.2) is 0 Å². The van der Waals surface area contributed by atoms with Crippen molar-refractivity contribution >= 4 is 31.9 Å². The van der Waals surface area contributed by atoms with E-state index in [2.05, 4.69) is 81.4 Å². The largest absolute Gasteiger partial charge is 0.496 e. The smallest absolute Gasteiger partial charge is 0.133 e. The van der Waals surface area contributed by atoms with E-state index in [9.17, 15) is 0 Å². The van der Waals surface area contributed by atoms with Gasteiger partial charge in [0.25, 0.3) is 0 Å². The summed E-state index contributed by atoms with van der Waals surface area (Å²) in [4.78, 5) is 0. The average molecular weight is 413 g/mol.